The van der Waals surface area contributed by atoms with Crippen LogP contribution in [0.15, 0.2) is 82.1 Å². The summed E-state index contributed by atoms with van der Waals surface area (Å²) in [5.41, 5.74) is 3.95. The Bertz CT molecular complexity index is 1360. The second-order valence-corrected chi connectivity index (χ2v) is 10.1. The molecular formula is C26H26N4O4S. The number of anilines is 1. The molecule has 0 aliphatic carbocycles. The van der Waals surface area contributed by atoms with E-state index in [9.17, 15) is 13.2 Å². The van der Waals surface area contributed by atoms with Gasteiger partial charge in [0, 0.05) is 43.0 Å². The van der Waals surface area contributed by atoms with Crippen molar-refractivity contribution >= 4 is 27.5 Å². The Kier molecular flexibility index (Phi) is 6.63. The van der Waals surface area contributed by atoms with Gasteiger partial charge >= 0.3 is 0 Å². The van der Waals surface area contributed by atoms with Crippen LogP contribution in [0.25, 0.3) is 0 Å². The van der Waals surface area contributed by atoms with Gasteiger partial charge in [0.1, 0.15) is 4.90 Å². The van der Waals surface area contributed by atoms with E-state index in [1.54, 1.807) is 42.5 Å². The molecule has 2 aliphatic rings. The Morgan fingerprint density at radius 1 is 0.943 bits per heavy atom. The lowest BCUT2D eigenvalue weighted by atomic mass is 10.1. The first-order valence-corrected chi connectivity index (χ1v) is 12.9. The first kappa shape index (κ1) is 23.2. The third kappa shape index (κ3) is 5.43. The molecule has 0 atom stereocenters. The molecule has 5 rings (SSSR count). The van der Waals surface area contributed by atoms with E-state index in [0.717, 1.165) is 38.4 Å². The molecule has 0 unspecified atom stereocenters. The molecule has 0 aromatic heterocycles. The molecule has 2 aliphatic heterocycles. The van der Waals surface area contributed by atoms with E-state index in [-0.39, 0.29) is 16.6 Å². The van der Waals surface area contributed by atoms with Crippen LogP contribution in [0.3, 0.4) is 0 Å². The topological polar surface area (TPSA) is 100 Å². The predicted octanol–water partition coefficient (Wildman–Crippen LogP) is 3.01. The van der Waals surface area contributed by atoms with Crippen molar-refractivity contribution in [2.45, 2.75) is 18.0 Å². The Balaban J connectivity index is 1.18. The van der Waals surface area contributed by atoms with Gasteiger partial charge in [-0.05, 0) is 47.5 Å². The molecule has 180 valence electrons. The number of hydrogen-bond donors (Lipinski definition) is 2. The first-order valence-electron chi connectivity index (χ1n) is 11.5. The van der Waals surface area contributed by atoms with Crippen LogP contribution in [0.5, 0.6) is 0 Å². The number of sulfonamides is 1. The summed E-state index contributed by atoms with van der Waals surface area (Å²) in [6.45, 7) is 4.70. The fourth-order valence-electron chi connectivity index (χ4n) is 4.18. The predicted molar refractivity (Wildman–Crippen MR) is 134 cm³/mol. The van der Waals surface area contributed by atoms with Crippen LogP contribution in [0.2, 0.25) is 0 Å². The van der Waals surface area contributed by atoms with E-state index in [1.807, 2.05) is 12.1 Å². The highest BCUT2D eigenvalue weighted by molar-refractivity contribution is 7.90. The SMILES string of the molecule is O=C(NCc1cccc(CN2CCOCC2)c1)c1ccc(NC2=NS(=O)(=O)c3ccccc32)cc1. The zero-order valence-electron chi connectivity index (χ0n) is 19.1. The standard InChI is InChI=1S/C26H26N4O4S/c31-26(27-17-19-4-3-5-20(16-19)18-30-12-14-34-15-13-30)21-8-10-22(11-9-21)28-25-23-6-1-2-7-24(23)35(32,33)29-25/h1-11,16H,12-15,17-18H2,(H,27,31)(H,28,29). The monoisotopic (exact) mass is 490 g/mol. The number of morpholine rings is 1. The summed E-state index contributed by atoms with van der Waals surface area (Å²) in [5.74, 6) is 0.0935. The van der Waals surface area contributed by atoms with Crippen molar-refractivity contribution in [3.63, 3.8) is 0 Å². The number of amides is 1. The van der Waals surface area contributed by atoms with Crippen LogP contribution in [0.1, 0.15) is 27.0 Å². The molecule has 1 amide bonds. The summed E-state index contributed by atoms with van der Waals surface area (Å²) in [5, 5.41) is 6.01. The van der Waals surface area contributed by atoms with Crippen molar-refractivity contribution in [2.24, 2.45) is 4.40 Å². The zero-order valence-corrected chi connectivity index (χ0v) is 19.9. The maximum atomic E-state index is 12.7. The molecule has 3 aromatic carbocycles. The fourth-order valence-corrected chi connectivity index (χ4v) is 5.35. The Hall–Kier alpha value is -3.53. The van der Waals surface area contributed by atoms with Crippen molar-refractivity contribution in [1.82, 2.24) is 10.2 Å². The number of benzene rings is 3. The zero-order chi connectivity index (χ0) is 24.3. The van der Waals surface area contributed by atoms with Gasteiger partial charge in [-0.2, -0.15) is 8.42 Å². The Morgan fingerprint density at radius 2 is 1.69 bits per heavy atom. The quantitative estimate of drug-likeness (QED) is 0.551. The fraction of sp³-hybridized carbons (Fsp3) is 0.231. The van der Waals surface area contributed by atoms with E-state index in [0.29, 0.717) is 23.4 Å². The van der Waals surface area contributed by atoms with Crippen LogP contribution >= 0.6 is 0 Å². The number of hydrogen-bond acceptors (Lipinski definition) is 6. The molecule has 1 fully saturated rings. The van der Waals surface area contributed by atoms with Gasteiger partial charge < -0.3 is 15.4 Å². The molecule has 9 heteroatoms. The average molecular weight is 491 g/mol. The van der Waals surface area contributed by atoms with Crippen LogP contribution in [-0.2, 0) is 27.8 Å². The molecule has 0 bridgehead atoms. The molecular weight excluding hydrogens is 464 g/mol. The number of fused-ring (bicyclic) bond motifs is 1. The highest BCUT2D eigenvalue weighted by atomic mass is 32.2. The smallest absolute Gasteiger partial charge is 0.285 e. The first-order chi connectivity index (χ1) is 17.0. The lowest BCUT2D eigenvalue weighted by Gasteiger charge is -2.26. The summed E-state index contributed by atoms with van der Waals surface area (Å²) in [7, 11) is -3.69. The van der Waals surface area contributed by atoms with Crippen LogP contribution in [-0.4, -0.2) is 51.4 Å². The normalized spacial score (nSPS) is 16.9. The maximum absolute atomic E-state index is 12.7. The Labute approximate surface area is 204 Å². The molecule has 0 spiro atoms. The van der Waals surface area contributed by atoms with Gasteiger partial charge in [0.25, 0.3) is 15.9 Å². The van der Waals surface area contributed by atoms with E-state index >= 15 is 0 Å². The van der Waals surface area contributed by atoms with Gasteiger partial charge in [0.2, 0.25) is 0 Å². The summed E-state index contributed by atoms with van der Waals surface area (Å²) in [4.78, 5) is 15.2. The number of nitrogens with one attached hydrogen (secondary N) is 2. The van der Waals surface area contributed by atoms with E-state index in [4.69, 9.17) is 4.74 Å². The summed E-state index contributed by atoms with van der Waals surface area (Å²) in [6.07, 6.45) is 0. The summed E-state index contributed by atoms with van der Waals surface area (Å²) >= 11 is 0. The van der Waals surface area contributed by atoms with Crippen molar-refractivity contribution in [2.75, 3.05) is 31.6 Å². The third-order valence-electron chi connectivity index (χ3n) is 6.00. The number of amidine groups is 1. The largest absolute Gasteiger partial charge is 0.379 e. The van der Waals surface area contributed by atoms with Crippen molar-refractivity contribution < 1.29 is 17.9 Å². The molecule has 0 radical (unpaired) electrons. The summed E-state index contributed by atoms with van der Waals surface area (Å²) in [6, 6.07) is 21.8. The second kappa shape index (κ2) is 9.99. The minimum Gasteiger partial charge on any atom is -0.379 e. The molecule has 0 saturated carbocycles. The van der Waals surface area contributed by atoms with Crippen molar-refractivity contribution in [3.8, 4) is 0 Å². The highest BCUT2D eigenvalue weighted by Crippen LogP contribution is 2.26. The van der Waals surface area contributed by atoms with Crippen LogP contribution in [0, 0.1) is 0 Å². The number of carbonyl (C=O) groups excluding carboxylic acids is 1. The van der Waals surface area contributed by atoms with Crippen molar-refractivity contribution in [3.05, 3.63) is 95.1 Å². The maximum Gasteiger partial charge on any atom is 0.285 e. The molecule has 2 N–H and O–H groups in total. The molecule has 35 heavy (non-hydrogen) atoms. The van der Waals surface area contributed by atoms with E-state index in [1.165, 1.54) is 11.6 Å². The number of ether oxygens (including phenoxy) is 1. The Morgan fingerprint density at radius 3 is 2.49 bits per heavy atom. The second-order valence-electron chi connectivity index (χ2n) is 8.50. The molecule has 1 saturated heterocycles. The average Bonchev–Trinajstić information content (AvgIpc) is 3.13. The van der Waals surface area contributed by atoms with Gasteiger partial charge in [-0.1, -0.05) is 36.4 Å². The van der Waals surface area contributed by atoms with Gasteiger partial charge in [0.15, 0.2) is 5.84 Å². The highest BCUT2D eigenvalue weighted by Gasteiger charge is 2.28. The van der Waals surface area contributed by atoms with Gasteiger partial charge in [-0.3, -0.25) is 9.69 Å². The molecule has 2 heterocycles. The van der Waals surface area contributed by atoms with Gasteiger partial charge in [-0.15, -0.1) is 4.40 Å². The number of nitrogens with zero attached hydrogens (tertiary/aromatic N) is 2. The van der Waals surface area contributed by atoms with E-state index in [2.05, 4.69) is 32.1 Å². The summed E-state index contributed by atoms with van der Waals surface area (Å²) < 4.78 is 33.7. The molecule has 3 aromatic rings. The lowest BCUT2D eigenvalue weighted by Crippen LogP contribution is -2.35. The van der Waals surface area contributed by atoms with Crippen LogP contribution < -0.4 is 10.6 Å². The lowest BCUT2D eigenvalue weighted by molar-refractivity contribution is 0.0342. The minimum atomic E-state index is -3.69. The van der Waals surface area contributed by atoms with E-state index < -0.39 is 10.0 Å². The van der Waals surface area contributed by atoms with Crippen molar-refractivity contribution in [1.29, 1.82) is 0 Å². The number of carbonyl (C=O) groups is 1. The molecule has 8 nitrogen and oxygen atoms in total. The van der Waals surface area contributed by atoms with Gasteiger partial charge in [0.05, 0.1) is 13.2 Å². The third-order valence-corrected chi connectivity index (χ3v) is 7.33. The van der Waals surface area contributed by atoms with Crippen LogP contribution in [0.4, 0.5) is 5.69 Å². The minimum absolute atomic E-state index is 0.179. The van der Waals surface area contributed by atoms with Gasteiger partial charge in [-0.25, -0.2) is 0 Å². The number of rotatable bonds is 6.